The molecule has 0 saturated heterocycles. The van der Waals surface area contributed by atoms with Crippen molar-refractivity contribution in [3.8, 4) is 0 Å². The van der Waals surface area contributed by atoms with E-state index in [2.05, 4.69) is 65.2 Å². The Morgan fingerprint density at radius 2 is 1.71 bits per heavy atom. The Balaban J connectivity index is 1.81. The Kier molecular flexibility index (Phi) is 4.01. The van der Waals surface area contributed by atoms with Crippen LogP contribution in [0.25, 0.3) is 21.8 Å². The molecule has 120 valence electrons. The quantitative estimate of drug-likeness (QED) is 0.545. The van der Waals surface area contributed by atoms with Crippen LogP contribution in [0.3, 0.4) is 0 Å². The van der Waals surface area contributed by atoms with Gasteiger partial charge in [-0.3, -0.25) is 0 Å². The highest BCUT2D eigenvalue weighted by Gasteiger charge is 2.12. The van der Waals surface area contributed by atoms with Gasteiger partial charge in [0.05, 0.1) is 17.6 Å². The highest BCUT2D eigenvalue weighted by molar-refractivity contribution is 5.86. The Bertz CT molecular complexity index is 982. The van der Waals surface area contributed by atoms with Crippen LogP contribution in [0.5, 0.6) is 0 Å². The third kappa shape index (κ3) is 2.68. The number of ether oxygens (including phenoxy) is 1. The van der Waals surface area contributed by atoms with E-state index in [-0.39, 0.29) is 0 Å². The Labute approximate surface area is 141 Å². The number of benzene rings is 3. The third-order valence-electron chi connectivity index (χ3n) is 4.48. The van der Waals surface area contributed by atoms with Gasteiger partial charge < -0.3 is 9.30 Å². The molecule has 0 N–H and O–H groups in total. The van der Waals surface area contributed by atoms with E-state index in [1.54, 1.807) is 7.11 Å². The largest absolute Gasteiger partial charge is 0.383 e. The summed E-state index contributed by atoms with van der Waals surface area (Å²) >= 11 is 0. The van der Waals surface area contributed by atoms with Gasteiger partial charge in [-0.15, -0.1) is 0 Å². The zero-order valence-corrected chi connectivity index (χ0v) is 13.8. The van der Waals surface area contributed by atoms with Gasteiger partial charge in [-0.25, -0.2) is 4.98 Å². The Hall–Kier alpha value is -2.65. The van der Waals surface area contributed by atoms with E-state index in [1.165, 1.54) is 21.9 Å². The summed E-state index contributed by atoms with van der Waals surface area (Å²) in [5.74, 6) is 1.09. The van der Waals surface area contributed by atoms with Crippen LogP contribution < -0.4 is 0 Å². The smallest absolute Gasteiger partial charge is 0.114 e. The summed E-state index contributed by atoms with van der Waals surface area (Å²) < 4.78 is 7.57. The first kappa shape index (κ1) is 14.9. The van der Waals surface area contributed by atoms with E-state index >= 15 is 0 Å². The number of imidazole rings is 1. The number of aromatic nitrogens is 2. The van der Waals surface area contributed by atoms with Crippen LogP contribution in [-0.2, 0) is 17.7 Å². The third-order valence-corrected chi connectivity index (χ3v) is 4.48. The summed E-state index contributed by atoms with van der Waals surface area (Å²) in [4.78, 5) is 4.88. The van der Waals surface area contributed by atoms with Crippen LogP contribution in [0, 0.1) is 0 Å². The average Bonchev–Trinajstić information content (AvgIpc) is 2.97. The van der Waals surface area contributed by atoms with Gasteiger partial charge >= 0.3 is 0 Å². The van der Waals surface area contributed by atoms with Gasteiger partial charge in [0.15, 0.2) is 0 Å². The number of hydrogen-bond donors (Lipinski definition) is 0. The number of nitrogens with zero attached hydrogens (tertiary/aromatic N) is 2. The predicted octanol–water partition coefficient (Wildman–Crippen LogP) is 4.43. The lowest BCUT2D eigenvalue weighted by atomic mass is 10.0. The maximum absolute atomic E-state index is 5.29. The van der Waals surface area contributed by atoms with Gasteiger partial charge in [0.25, 0.3) is 0 Å². The number of fused-ring (bicyclic) bond motifs is 2. The molecule has 0 aliphatic rings. The normalized spacial score (nSPS) is 11.4. The first-order chi connectivity index (χ1) is 11.9. The zero-order valence-electron chi connectivity index (χ0n) is 13.8. The van der Waals surface area contributed by atoms with Crippen molar-refractivity contribution >= 4 is 21.8 Å². The maximum atomic E-state index is 5.29. The molecule has 0 spiro atoms. The van der Waals surface area contributed by atoms with Crippen LogP contribution in [0.2, 0.25) is 0 Å². The molecular formula is C21H20N2O. The molecule has 4 aromatic rings. The standard InChI is InChI=1S/C21H20N2O/c1-24-14-13-23-20-12-5-4-11-19(20)22-21(23)15-17-9-6-8-16-7-2-3-10-18(16)17/h2-12H,13-15H2,1H3. The van der Waals surface area contributed by atoms with Crippen molar-refractivity contribution in [3.63, 3.8) is 0 Å². The molecular weight excluding hydrogens is 296 g/mol. The van der Waals surface area contributed by atoms with Crippen molar-refractivity contribution in [3.05, 3.63) is 78.1 Å². The molecule has 3 heteroatoms. The number of para-hydroxylation sites is 2. The van der Waals surface area contributed by atoms with Crippen molar-refractivity contribution in [1.82, 2.24) is 9.55 Å². The second-order valence-corrected chi connectivity index (χ2v) is 5.98. The minimum Gasteiger partial charge on any atom is -0.383 e. The molecule has 0 saturated carbocycles. The molecule has 0 unspecified atom stereocenters. The highest BCUT2D eigenvalue weighted by atomic mass is 16.5. The topological polar surface area (TPSA) is 27.1 Å². The van der Waals surface area contributed by atoms with Crippen molar-refractivity contribution in [2.45, 2.75) is 13.0 Å². The number of hydrogen-bond acceptors (Lipinski definition) is 2. The van der Waals surface area contributed by atoms with Crippen molar-refractivity contribution in [2.24, 2.45) is 0 Å². The fourth-order valence-corrected chi connectivity index (χ4v) is 3.31. The maximum Gasteiger partial charge on any atom is 0.114 e. The molecule has 1 aromatic heterocycles. The molecule has 0 aliphatic heterocycles. The van der Waals surface area contributed by atoms with Gasteiger partial charge in [-0.2, -0.15) is 0 Å². The number of methoxy groups -OCH3 is 1. The number of rotatable bonds is 5. The monoisotopic (exact) mass is 316 g/mol. The van der Waals surface area contributed by atoms with Gasteiger partial charge in [0, 0.05) is 20.1 Å². The molecule has 3 nitrogen and oxygen atoms in total. The molecule has 0 aliphatic carbocycles. The van der Waals surface area contributed by atoms with Crippen LogP contribution >= 0.6 is 0 Å². The molecule has 0 fully saturated rings. The summed E-state index contributed by atoms with van der Waals surface area (Å²) in [6.45, 7) is 1.50. The summed E-state index contributed by atoms with van der Waals surface area (Å²) in [7, 11) is 1.74. The minimum atomic E-state index is 0.683. The van der Waals surface area contributed by atoms with E-state index in [4.69, 9.17) is 9.72 Å². The average molecular weight is 316 g/mol. The van der Waals surface area contributed by atoms with Crippen LogP contribution in [0.1, 0.15) is 11.4 Å². The van der Waals surface area contributed by atoms with Gasteiger partial charge in [-0.1, -0.05) is 54.6 Å². The zero-order chi connectivity index (χ0) is 16.4. The van der Waals surface area contributed by atoms with E-state index < -0.39 is 0 Å². The van der Waals surface area contributed by atoms with E-state index in [0.29, 0.717) is 6.61 Å². The Morgan fingerprint density at radius 1 is 0.917 bits per heavy atom. The van der Waals surface area contributed by atoms with Crippen LogP contribution in [0.4, 0.5) is 0 Å². The second kappa shape index (κ2) is 6.46. The molecule has 1 heterocycles. The van der Waals surface area contributed by atoms with Crippen LogP contribution in [-0.4, -0.2) is 23.3 Å². The first-order valence-electron chi connectivity index (χ1n) is 8.26. The predicted molar refractivity (Wildman–Crippen MR) is 98.4 cm³/mol. The summed E-state index contributed by atoms with van der Waals surface area (Å²) in [5.41, 5.74) is 3.52. The lowest BCUT2D eigenvalue weighted by Crippen LogP contribution is -2.09. The SMILES string of the molecule is COCCn1c(Cc2cccc3ccccc23)nc2ccccc21. The molecule has 0 bridgehead atoms. The van der Waals surface area contributed by atoms with E-state index in [1.807, 2.05) is 6.07 Å². The molecule has 4 rings (SSSR count). The summed E-state index contributed by atoms with van der Waals surface area (Å²) in [5, 5.41) is 2.57. The first-order valence-corrected chi connectivity index (χ1v) is 8.26. The highest BCUT2D eigenvalue weighted by Crippen LogP contribution is 2.23. The molecule has 0 atom stereocenters. The van der Waals surface area contributed by atoms with E-state index in [9.17, 15) is 0 Å². The summed E-state index contributed by atoms with van der Waals surface area (Å²) in [6.07, 6.45) is 0.819. The van der Waals surface area contributed by atoms with Crippen molar-refractivity contribution < 1.29 is 4.74 Å². The Morgan fingerprint density at radius 3 is 2.62 bits per heavy atom. The summed E-state index contributed by atoms with van der Waals surface area (Å²) in [6, 6.07) is 23.3. The lowest BCUT2D eigenvalue weighted by Gasteiger charge is -2.10. The molecule has 0 radical (unpaired) electrons. The fourth-order valence-electron chi connectivity index (χ4n) is 3.31. The molecule has 3 aromatic carbocycles. The lowest BCUT2D eigenvalue weighted by molar-refractivity contribution is 0.187. The molecule has 0 amide bonds. The minimum absolute atomic E-state index is 0.683. The van der Waals surface area contributed by atoms with Crippen LogP contribution in [0.15, 0.2) is 66.7 Å². The molecule has 24 heavy (non-hydrogen) atoms. The second-order valence-electron chi connectivity index (χ2n) is 5.98. The van der Waals surface area contributed by atoms with Crippen molar-refractivity contribution in [2.75, 3.05) is 13.7 Å². The van der Waals surface area contributed by atoms with Gasteiger partial charge in [0.2, 0.25) is 0 Å². The fraction of sp³-hybridized carbons (Fsp3) is 0.190. The van der Waals surface area contributed by atoms with E-state index in [0.717, 1.165) is 24.3 Å². The van der Waals surface area contributed by atoms with Gasteiger partial charge in [0.1, 0.15) is 5.82 Å². The van der Waals surface area contributed by atoms with Crippen molar-refractivity contribution in [1.29, 1.82) is 0 Å². The van der Waals surface area contributed by atoms with Gasteiger partial charge in [-0.05, 0) is 28.5 Å².